The normalized spacial score (nSPS) is 10.7. The van der Waals surface area contributed by atoms with Crippen molar-refractivity contribution in [2.75, 3.05) is 18.4 Å². The molecule has 34 heavy (non-hydrogen) atoms. The molecule has 3 aromatic carbocycles. The monoisotopic (exact) mass is 495 g/mol. The first-order valence-corrected chi connectivity index (χ1v) is 12.0. The number of nitrogens with one attached hydrogen (secondary N) is 1. The summed E-state index contributed by atoms with van der Waals surface area (Å²) >= 11 is 6.00. The number of hydrogen-bond donors (Lipinski definition) is 1. The Kier molecular flexibility index (Phi) is 7.95. The highest BCUT2D eigenvalue weighted by Crippen LogP contribution is 2.30. The van der Waals surface area contributed by atoms with Crippen LogP contribution in [0.2, 0.25) is 5.02 Å². The zero-order valence-electron chi connectivity index (χ0n) is 18.4. The number of nitrogens with zero attached hydrogens (tertiary/aromatic N) is 2. The molecule has 0 aliphatic carbocycles. The first kappa shape index (κ1) is 24.8. The van der Waals surface area contributed by atoms with Crippen LogP contribution in [0.5, 0.6) is 5.75 Å². The Bertz CT molecular complexity index is 1350. The topological polar surface area (TPSA) is 99.5 Å². The number of amides is 1. The Hall–Kier alpha value is -3.80. The third kappa shape index (κ3) is 5.95. The highest BCUT2D eigenvalue weighted by atomic mass is 35.5. The third-order valence-electron chi connectivity index (χ3n) is 4.89. The van der Waals surface area contributed by atoms with E-state index in [0.717, 1.165) is 5.56 Å². The number of benzene rings is 3. The van der Waals surface area contributed by atoms with Crippen molar-refractivity contribution < 1.29 is 17.9 Å². The number of ether oxygens (including phenoxy) is 1. The van der Waals surface area contributed by atoms with Crippen molar-refractivity contribution in [1.82, 2.24) is 4.90 Å². The minimum absolute atomic E-state index is 0.0858. The van der Waals surface area contributed by atoms with Crippen LogP contribution in [0.1, 0.15) is 21.5 Å². The summed E-state index contributed by atoms with van der Waals surface area (Å²) in [5.74, 6) is -0.0542. The van der Waals surface area contributed by atoms with Gasteiger partial charge in [-0.15, -0.1) is 6.58 Å². The molecule has 0 fully saturated rings. The number of anilines is 1. The highest BCUT2D eigenvalue weighted by Gasteiger charge is 2.21. The van der Waals surface area contributed by atoms with Crippen LogP contribution in [0.4, 0.5) is 5.69 Å². The molecule has 1 N–H and O–H groups in total. The van der Waals surface area contributed by atoms with E-state index in [0.29, 0.717) is 16.3 Å². The van der Waals surface area contributed by atoms with Crippen LogP contribution >= 0.6 is 11.6 Å². The van der Waals surface area contributed by atoms with E-state index in [4.69, 9.17) is 21.6 Å². The summed E-state index contributed by atoms with van der Waals surface area (Å²) in [7, 11) is -2.61. The van der Waals surface area contributed by atoms with Gasteiger partial charge in [0.25, 0.3) is 15.9 Å². The van der Waals surface area contributed by atoms with E-state index >= 15 is 0 Å². The van der Waals surface area contributed by atoms with Gasteiger partial charge in [0, 0.05) is 23.7 Å². The Morgan fingerprint density at radius 3 is 2.56 bits per heavy atom. The zero-order valence-corrected chi connectivity index (χ0v) is 19.9. The van der Waals surface area contributed by atoms with Crippen molar-refractivity contribution in [1.29, 1.82) is 5.26 Å². The van der Waals surface area contributed by atoms with E-state index in [-0.39, 0.29) is 35.1 Å². The van der Waals surface area contributed by atoms with Gasteiger partial charge in [0.1, 0.15) is 5.75 Å². The van der Waals surface area contributed by atoms with Crippen molar-refractivity contribution in [3.05, 3.63) is 101 Å². The smallest absolute Gasteiger partial charge is 0.262 e. The molecule has 7 nitrogen and oxygen atoms in total. The molecule has 3 rings (SSSR count). The molecule has 1 amide bonds. The first-order valence-electron chi connectivity index (χ1n) is 10.1. The molecule has 0 saturated heterocycles. The van der Waals surface area contributed by atoms with Crippen LogP contribution in [0.15, 0.2) is 84.3 Å². The second-order valence-electron chi connectivity index (χ2n) is 7.26. The fourth-order valence-electron chi connectivity index (χ4n) is 3.22. The van der Waals surface area contributed by atoms with Crippen molar-refractivity contribution in [2.24, 2.45) is 0 Å². The average molecular weight is 496 g/mol. The molecule has 9 heteroatoms. The van der Waals surface area contributed by atoms with E-state index in [1.807, 2.05) is 0 Å². The van der Waals surface area contributed by atoms with Gasteiger partial charge in [0.2, 0.25) is 0 Å². The molecule has 3 aromatic rings. The zero-order chi connectivity index (χ0) is 24.7. The Morgan fingerprint density at radius 1 is 1.18 bits per heavy atom. The van der Waals surface area contributed by atoms with Crippen LogP contribution in [-0.4, -0.2) is 32.9 Å². The van der Waals surface area contributed by atoms with Gasteiger partial charge in [-0.25, -0.2) is 8.42 Å². The lowest BCUT2D eigenvalue weighted by molar-refractivity contribution is 0.0762. The number of methoxy groups -OCH3 is 1. The van der Waals surface area contributed by atoms with Crippen LogP contribution in [0.25, 0.3) is 0 Å². The van der Waals surface area contributed by atoms with Gasteiger partial charge in [-0.3, -0.25) is 9.52 Å². The molecule has 0 unspecified atom stereocenters. The van der Waals surface area contributed by atoms with Gasteiger partial charge < -0.3 is 9.64 Å². The van der Waals surface area contributed by atoms with Crippen LogP contribution in [0.3, 0.4) is 0 Å². The second-order valence-corrected chi connectivity index (χ2v) is 9.38. The standard InChI is InChI=1S/C25H22ClN3O4S/c1-3-13-29(17-19-9-7-18(16-27)8-10-19)25(30)20-5-4-6-22(14-20)34(31,32)28-23-15-21(26)11-12-24(23)33-2/h3-12,14-15,28H,1,13,17H2,2H3. The van der Waals surface area contributed by atoms with Gasteiger partial charge in [-0.05, 0) is 54.1 Å². The number of halogens is 1. The summed E-state index contributed by atoms with van der Waals surface area (Å²) in [6.45, 7) is 4.23. The minimum Gasteiger partial charge on any atom is -0.495 e. The number of hydrogen-bond acceptors (Lipinski definition) is 5. The molecule has 0 saturated carbocycles. The first-order chi connectivity index (χ1) is 16.3. The molecule has 174 valence electrons. The lowest BCUT2D eigenvalue weighted by Gasteiger charge is -2.22. The summed E-state index contributed by atoms with van der Waals surface area (Å²) in [6, 6.07) is 19.3. The summed E-state index contributed by atoms with van der Waals surface area (Å²) in [6.07, 6.45) is 1.59. The number of nitriles is 1. The second kappa shape index (κ2) is 10.9. The fourth-order valence-corrected chi connectivity index (χ4v) is 4.50. The van der Waals surface area contributed by atoms with Gasteiger partial charge >= 0.3 is 0 Å². The molecule has 0 radical (unpaired) electrons. The molecule has 0 atom stereocenters. The predicted molar refractivity (Wildman–Crippen MR) is 131 cm³/mol. The minimum atomic E-state index is -4.03. The Labute approximate surface area is 203 Å². The maximum Gasteiger partial charge on any atom is 0.262 e. The quantitative estimate of drug-likeness (QED) is 0.428. The van der Waals surface area contributed by atoms with Crippen molar-refractivity contribution >= 4 is 33.2 Å². The molecule has 0 bridgehead atoms. The maximum atomic E-state index is 13.2. The van der Waals surface area contributed by atoms with Crippen LogP contribution in [0, 0.1) is 11.3 Å². The molecule has 0 aliphatic rings. The van der Waals surface area contributed by atoms with Crippen LogP contribution in [-0.2, 0) is 16.6 Å². The van der Waals surface area contributed by atoms with E-state index in [2.05, 4.69) is 17.4 Å². The van der Waals surface area contributed by atoms with Gasteiger partial charge in [0.05, 0.1) is 29.3 Å². The third-order valence-corrected chi connectivity index (χ3v) is 6.49. The largest absolute Gasteiger partial charge is 0.495 e. The van der Waals surface area contributed by atoms with Gasteiger partial charge in [-0.2, -0.15) is 5.26 Å². The highest BCUT2D eigenvalue weighted by molar-refractivity contribution is 7.92. The number of sulfonamides is 1. The van der Waals surface area contributed by atoms with E-state index in [1.165, 1.54) is 36.3 Å². The van der Waals surface area contributed by atoms with Crippen molar-refractivity contribution in [2.45, 2.75) is 11.4 Å². The molecule has 0 aliphatic heterocycles. The summed E-state index contributed by atoms with van der Waals surface area (Å²) in [5, 5.41) is 9.30. The number of carbonyl (C=O) groups is 1. The SMILES string of the molecule is C=CCN(Cc1ccc(C#N)cc1)C(=O)c1cccc(S(=O)(=O)Nc2cc(Cl)ccc2OC)c1. The van der Waals surface area contributed by atoms with E-state index in [9.17, 15) is 13.2 Å². The average Bonchev–Trinajstić information content (AvgIpc) is 2.84. The maximum absolute atomic E-state index is 13.2. The van der Waals surface area contributed by atoms with Gasteiger partial charge in [0.15, 0.2) is 0 Å². The number of rotatable bonds is 9. The molecule has 0 heterocycles. The Morgan fingerprint density at radius 2 is 1.91 bits per heavy atom. The van der Waals surface area contributed by atoms with E-state index in [1.54, 1.807) is 48.5 Å². The number of carbonyl (C=O) groups excluding carboxylic acids is 1. The summed E-state index contributed by atoms with van der Waals surface area (Å²) in [5.41, 5.74) is 1.73. The molecule has 0 spiro atoms. The summed E-state index contributed by atoms with van der Waals surface area (Å²) < 4.78 is 33.7. The van der Waals surface area contributed by atoms with Crippen molar-refractivity contribution in [3.63, 3.8) is 0 Å². The molecule has 0 aromatic heterocycles. The lowest BCUT2D eigenvalue weighted by atomic mass is 10.1. The lowest BCUT2D eigenvalue weighted by Crippen LogP contribution is -2.31. The van der Waals surface area contributed by atoms with Crippen LogP contribution < -0.4 is 9.46 Å². The van der Waals surface area contributed by atoms with E-state index < -0.39 is 10.0 Å². The van der Waals surface area contributed by atoms with Gasteiger partial charge in [-0.1, -0.05) is 35.9 Å². The fraction of sp³-hybridized carbons (Fsp3) is 0.120. The van der Waals surface area contributed by atoms with Crippen molar-refractivity contribution in [3.8, 4) is 11.8 Å². The predicted octanol–water partition coefficient (Wildman–Crippen LogP) is 4.85. The molecular weight excluding hydrogens is 474 g/mol. The summed E-state index contributed by atoms with van der Waals surface area (Å²) in [4.78, 5) is 14.7. The molecular formula is C25H22ClN3O4S. The Balaban J connectivity index is 1.87.